The molecule has 0 saturated carbocycles. The first kappa shape index (κ1) is 19.8. The van der Waals surface area contributed by atoms with Crippen molar-refractivity contribution in [3.8, 4) is 0 Å². The Morgan fingerprint density at radius 2 is 1.61 bits per heavy atom. The number of rotatable bonds is 5. The molecule has 0 amide bonds. The number of nitrogens with one attached hydrogen (secondary N) is 1. The van der Waals surface area contributed by atoms with Crippen molar-refractivity contribution in [3.05, 3.63) is 65.7 Å². The lowest BCUT2D eigenvalue weighted by molar-refractivity contribution is 0.369. The third kappa shape index (κ3) is 4.00. The van der Waals surface area contributed by atoms with Crippen LogP contribution in [-0.4, -0.2) is 32.1 Å². The lowest BCUT2D eigenvalue weighted by atomic mass is 9.73. The van der Waals surface area contributed by atoms with E-state index in [9.17, 15) is 0 Å². The van der Waals surface area contributed by atoms with Gasteiger partial charge >= 0.3 is 0 Å². The summed E-state index contributed by atoms with van der Waals surface area (Å²) in [5, 5.41) is 3.61. The van der Waals surface area contributed by atoms with Gasteiger partial charge in [-0.05, 0) is 50.7 Å². The van der Waals surface area contributed by atoms with E-state index in [0.717, 1.165) is 13.1 Å². The highest BCUT2D eigenvalue weighted by Gasteiger charge is 2.39. The lowest BCUT2D eigenvalue weighted by Crippen LogP contribution is -2.31. The Labute approximate surface area is 152 Å². The molecule has 0 fully saturated rings. The van der Waals surface area contributed by atoms with E-state index in [1.807, 2.05) is 0 Å². The molecule has 0 bridgehead atoms. The van der Waals surface area contributed by atoms with Gasteiger partial charge in [-0.15, -0.1) is 24.8 Å². The van der Waals surface area contributed by atoms with E-state index in [4.69, 9.17) is 0 Å². The highest BCUT2D eigenvalue weighted by Crippen LogP contribution is 2.44. The second kappa shape index (κ2) is 8.58. The molecular weight excluding hydrogens is 327 g/mol. The molecule has 1 unspecified atom stereocenters. The summed E-state index contributed by atoms with van der Waals surface area (Å²) in [5.41, 5.74) is 4.30. The molecule has 0 radical (unpaired) electrons. The summed E-state index contributed by atoms with van der Waals surface area (Å²) in [6.45, 7) is 2.14. The predicted molar refractivity (Wildman–Crippen MR) is 104 cm³/mol. The molecule has 1 N–H and O–H groups in total. The van der Waals surface area contributed by atoms with Gasteiger partial charge in [-0.25, -0.2) is 0 Å². The van der Waals surface area contributed by atoms with Crippen LogP contribution in [0.1, 0.15) is 24.0 Å². The second-order valence-corrected chi connectivity index (χ2v) is 6.25. The van der Waals surface area contributed by atoms with Gasteiger partial charge < -0.3 is 10.2 Å². The van der Waals surface area contributed by atoms with E-state index in [1.54, 1.807) is 0 Å². The number of halogens is 2. The quantitative estimate of drug-likeness (QED) is 0.846. The first-order chi connectivity index (χ1) is 10.2. The summed E-state index contributed by atoms with van der Waals surface area (Å²) in [4.78, 5) is 2.27. The van der Waals surface area contributed by atoms with Crippen LogP contribution in [0.4, 0.5) is 5.69 Å². The van der Waals surface area contributed by atoms with Gasteiger partial charge in [0.1, 0.15) is 0 Å². The van der Waals surface area contributed by atoms with E-state index >= 15 is 0 Å². The maximum Gasteiger partial charge on any atom is 0.0396 e. The summed E-state index contributed by atoms with van der Waals surface area (Å²) in [5.74, 6) is 0. The van der Waals surface area contributed by atoms with Crippen LogP contribution >= 0.6 is 24.8 Å². The third-order valence-corrected chi connectivity index (χ3v) is 4.56. The number of hydrogen-bond acceptors (Lipinski definition) is 2. The average molecular weight is 353 g/mol. The van der Waals surface area contributed by atoms with Gasteiger partial charge in [0.25, 0.3) is 0 Å². The molecule has 2 aromatic carbocycles. The molecule has 0 spiro atoms. The molecule has 126 valence electrons. The van der Waals surface area contributed by atoms with Crippen LogP contribution in [0.5, 0.6) is 0 Å². The second-order valence-electron chi connectivity index (χ2n) is 6.25. The molecule has 2 nitrogen and oxygen atoms in total. The van der Waals surface area contributed by atoms with Crippen molar-refractivity contribution in [1.29, 1.82) is 0 Å². The molecular formula is C19H26Cl2N2. The normalized spacial score (nSPS) is 18.6. The average Bonchev–Trinajstić information content (AvgIpc) is 2.88. The van der Waals surface area contributed by atoms with Gasteiger partial charge in [-0.3, -0.25) is 0 Å². The van der Waals surface area contributed by atoms with E-state index in [-0.39, 0.29) is 30.2 Å². The van der Waals surface area contributed by atoms with Crippen molar-refractivity contribution >= 4 is 30.5 Å². The highest BCUT2D eigenvalue weighted by atomic mass is 35.5. The number of nitrogens with zero attached hydrogens (tertiary/aromatic N) is 1. The van der Waals surface area contributed by atoms with E-state index in [1.165, 1.54) is 29.7 Å². The van der Waals surface area contributed by atoms with Gasteiger partial charge in [0, 0.05) is 17.6 Å². The zero-order valence-corrected chi connectivity index (χ0v) is 15.4. The molecule has 1 aliphatic heterocycles. The number of anilines is 1. The van der Waals surface area contributed by atoms with Crippen LogP contribution in [0.3, 0.4) is 0 Å². The molecule has 0 aromatic heterocycles. The minimum Gasteiger partial charge on any atom is -0.384 e. The number of fused-ring (bicyclic) bond motifs is 1. The van der Waals surface area contributed by atoms with Crippen LogP contribution in [0.2, 0.25) is 0 Å². The van der Waals surface area contributed by atoms with Crippen molar-refractivity contribution in [2.24, 2.45) is 0 Å². The molecule has 0 aliphatic carbocycles. The Morgan fingerprint density at radius 1 is 0.957 bits per heavy atom. The van der Waals surface area contributed by atoms with Gasteiger partial charge in [0.15, 0.2) is 0 Å². The molecule has 1 aliphatic rings. The van der Waals surface area contributed by atoms with E-state index in [2.05, 4.69) is 78.9 Å². The van der Waals surface area contributed by atoms with Crippen LogP contribution in [0.15, 0.2) is 54.6 Å². The van der Waals surface area contributed by atoms with Gasteiger partial charge in [-0.2, -0.15) is 0 Å². The predicted octanol–water partition coefficient (Wildman–Crippen LogP) is 4.58. The summed E-state index contributed by atoms with van der Waals surface area (Å²) >= 11 is 0. The van der Waals surface area contributed by atoms with Crippen molar-refractivity contribution in [3.63, 3.8) is 0 Å². The molecule has 1 atom stereocenters. The van der Waals surface area contributed by atoms with Crippen LogP contribution in [0, 0.1) is 0 Å². The Bertz CT molecular complexity index is 601. The zero-order valence-electron chi connectivity index (χ0n) is 13.8. The fourth-order valence-corrected chi connectivity index (χ4v) is 3.48. The zero-order chi connectivity index (χ0) is 14.7. The van der Waals surface area contributed by atoms with Crippen LogP contribution in [-0.2, 0) is 5.41 Å². The Hall–Kier alpha value is -1.22. The summed E-state index contributed by atoms with van der Waals surface area (Å²) in [6.07, 6.45) is 2.39. The van der Waals surface area contributed by atoms with E-state index < -0.39 is 0 Å². The first-order valence-electron chi connectivity index (χ1n) is 7.76. The highest BCUT2D eigenvalue weighted by molar-refractivity contribution is 5.85. The number of benzene rings is 2. The third-order valence-electron chi connectivity index (χ3n) is 4.56. The standard InChI is InChI=1S/C19H24N2.2ClH/c1-21(2)14-8-13-19(16-9-4-3-5-10-16)15-20-18-12-7-6-11-17(18)19;;/h3-7,9-12,20H,8,13-15H2,1-2H3;2*1H. The molecule has 23 heavy (non-hydrogen) atoms. The summed E-state index contributed by atoms with van der Waals surface area (Å²) in [6, 6.07) is 19.7. The van der Waals surface area contributed by atoms with E-state index in [0.29, 0.717) is 0 Å². The fourth-order valence-electron chi connectivity index (χ4n) is 3.48. The summed E-state index contributed by atoms with van der Waals surface area (Å²) in [7, 11) is 4.30. The van der Waals surface area contributed by atoms with Crippen molar-refractivity contribution < 1.29 is 0 Å². The fraction of sp³-hybridized carbons (Fsp3) is 0.368. The molecule has 3 rings (SSSR count). The van der Waals surface area contributed by atoms with Crippen LogP contribution < -0.4 is 5.32 Å². The van der Waals surface area contributed by atoms with Gasteiger partial charge in [0.05, 0.1) is 0 Å². The Kier molecular flexibility index (Phi) is 7.40. The van der Waals surface area contributed by atoms with Crippen molar-refractivity contribution in [1.82, 2.24) is 4.90 Å². The molecule has 2 aromatic rings. The van der Waals surface area contributed by atoms with Crippen LogP contribution in [0.25, 0.3) is 0 Å². The Morgan fingerprint density at radius 3 is 2.30 bits per heavy atom. The monoisotopic (exact) mass is 352 g/mol. The maximum absolute atomic E-state index is 3.61. The van der Waals surface area contributed by atoms with Crippen molar-refractivity contribution in [2.75, 3.05) is 32.5 Å². The topological polar surface area (TPSA) is 15.3 Å². The largest absolute Gasteiger partial charge is 0.384 e. The minimum absolute atomic E-state index is 0. The van der Waals surface area contributed by atoms with Crippen molar-refractivity contribution in [2.45, 2.75) is 18.3 Å². The number of para-hydroxylation sites is 1. The maximum atomic E-state index is 3.61. The minimum atomic E-state index is 0. The molecule has 0 saturated heterocycles. The Balaban J connectivity index is 0.00000132. The van der Waals surface area contributed by atoms with Gasteiger partial charge in [0.2, 0.25) is 0 Å². The molecule has 1 heterocycles. The number of hydrogen-bond donors (Lipinski definition) is 1. The lowest BCUT2D eigenvalue weighted by Gasteiger charge is -2.31. The summed E-state index contributed by atoms with van der Waals surface area (Å²) < 4.78 is 0. The smallest absolute Gasteiger partial charge is 0.0396 e. The first-order valence-corrected chi connectivity index (χ1v) is 7.76. The SMILES string of the molecule is CN(C)CCCC1(c2ccccc2)CNc2ccccc21.Cl.Cl. The molecule has 4 heteroatoms. The van der Waals surface area contributed by atoms with Gasteiger partial charge in [-0.1, -0.05) is 48.5 Å².